The Labute approximate surface area is 87.1 Å². The van der Waals surface area contributed by atoms with Crippen molar-refractivity contribution < 1.29 is 4.74 Å². The monoisotopic (exact) mass is 212 g/mol. The van der Waals surface area contributed by atoms with Crippen molar-refractivity contribution in [2.75, 3.05) is 31.2 Å². The van der Waals surface area contributed by atoms with Gasteiger partial charge in [-0.3, -0.25) is 5.10 Å². The second-order valence-corrected chi connectivity index (χ2v) is 3.54. The van der Waals surface area contributed by atoms with E-state index in [1.807, 2.05) is 6.92 Å². The van der Waals surface area contributed by atoms with Crippen molar-refractivity contribution in [1.82, 2.24) is 15.2 Å². The summed E-state index contributed by atoms with van der Waals surface area (Å²) in [6.45, 7) is 5.12. The quantitative estimate of drug-likeness (QED) is 0.694. The lowest BCUT2D eigenvalue weighted by Gasteiger charge is -2.28. The summed E-state index contributed by atoms with van der Waals surface area (Å²) in [5.41, 5.74) is 0.875. The zero-order valence-corrected chi connectivity index (χ0v) is 8.80. The third kappa shape index (κ3) is 1.91. The van der Waals surface area contributed by atoms with Gasteiger partial charge in [0.1, 0.15) is 5.69 Å². The molecule has 0 atom stereocenters. The summed E-state index contributed by atoms with van der Waals surface area (Å²) in [5, 5.41) is 6.75. The molecular weight excluding hydrogens is 200 g/mol. The Hall–Kier alpha value is -1.01. The van der Waals surface area contributed by atoms with Crippen molar-refractivity contribution in [3.05, 3.63) is 10.5 Å². The van der Waals surface area contributed by atoms with E-state index in [-0.39, 0.29) is 0 Å². The summed E-state index contributed by atoms with van der Waals surface area (Å²) in [5.74, 6) is 0.872. The number of rotatable bonds is 1. The summed E-state index contributed by atoms with van der Waals surface area (Å²) in [4.78, 5) is 6.41. The first-order chi connectivity index (χ1) is 6.77. The molecule has 0 saturated carbocycles. The second kappa shape index (κ2) is 4.02. The van der Waals surface area contributed by atoms with Crippen LogP contribution in [0.5, 0.6) is 0 Å². The lowest BCUT2D eigenvalue weighted by Crippen LogP contribution is -2.37. The molecule has 1 saturated heterocycles. The van der Waals surface area contributed by atoms with E-state index in [9.17, 15) is 0 Å². The molecular formula is C8H12N4OS. The molecule has 0 bridgehead atoms. The molecule has 0 aliphatic carbocycles. The molecule has 2 rings (SSSR count). The summed E-state index contributed by atoms with van der Waals surface area (Å²) in [7, 11) is 0. The van der Waals surface area contributed by atoms with Crippen molar-refractivity contribution in [1.29, 1.82) is 0 Å². The fourth-order valence-electron chi connectivity index (χ4n) is 1.46. The first kappa shape index (κ1) is 9.54. The van der Waals surface area contributed by atoms with Crippen LogP contribution < -0.4 is 4.90 Å². The van der Waals surface area contributed by atoms with E-state index in [4.69, 9.17) is 17.0 Å². The number of nitrogens with one attached hydrogen (secondary N) is 1. The van der Waals surface area contributed by atoms with Crippen LogP contribution in [-0.4, -0.2) is 41.5 Å². The number of hydrogen-bond acceptors (Lipinski definition) is 5. The lowest BCUT2D eigenvalue weighted by molar-refractivity contribution is 0.122. The van der Waals surface area contributed by atoms with Gasteiger partial charge in [-0.15, -0.1) is 0 Å². The third-order valence-electron chi connectivity index (χ3n) is 2.16. The highest BCUT2D eigenvalue weighted by molar-refractivity contribution is 7.71. The Morgan fingerprint density at radius 1 is 1.43 bits per heavy atom. The van der Waals surface area contributed by atoms with Crippen LogP contribution in [0.25, 0.3) is 0 Å². The highest BCUT2D eigenvalue weighted by Crippen LogP contribution is 2.14. The number of aryl methyl sites for hydroxylation is 1. The van der Waals surface area contributed by atoms with Gasteiger partial charge in [-0.2, -0.15) is 10.1 Å². The Balaban J connectivity index is 2.29. The van der Waals surface area contributed by atoms with E-state index in [0.29, 0.717) is 4.77 Å². The number of H-pyrrole nitrogens is 1. The van der Waals surface area contributed by atoms with Crippen LogP contribution >= 0.6 is 12.2 Å². The van der Waals surface area contributed by atoms with Crippen LogP contribution in [0.15, 0.2) is 0 Å². The molecule has 2 heterocycles. The Morgan fingerprint density at radius 2 is 2.14 bits per heavy atom. The molecule has 1 fully saturated rings. The van der Waals surface area contributed by atoms with Gasteiger partial charge in [-0.05, 0) is 19.1 Å². The number of anilines is 1. The number of aromatic nitrogens is 3. The minimum Gasteiger partial charge on any atom is -0.378 e. The highest BCUT2D eigenvalue weighted by Gasteiger charge is 2.14. The molecule has 0 unspecified atom stereocenters. The molecule has 0 spiro atoms. The Kier molecular flexibility index (Phi) is 2.74. The average Bonchev–Trinajstić information content (AvgIpc) is 2.23. The summed E-state index contributed by atoms with van der Waals surface area (Å²) in [6.07, 6.45) is 0. The molecule has 1 aliphatic heterocycles. The molecule has 1 aliphatic rings. The normalized spacial score (nSPS) is 17.1. The molecule has 76 valence electrons. The van der Waals surface area contributed by atoms with Gasteiger partial charge in [0.2, 0.25) is 4.77 Å². The first-order valence-corrected chi connectivity index (χ1v) is 4.94. The Bertz CT molecular complexity index is 372. The first-order valence-electron chi connectivity index (χ1n) is 4.53. The van der Waals surface area contributed by atoms with Gasteiger partial charge in [0.25, 0.3) is 0 Å². The van der Waals surface area contributed by atoms with Crippen molar-refractivity contribution in [2.24, 2.45) is 0 Å². The number of nitrogens with zero attached hydrogens (tertiary/aromatic N) is 3. The van der Waals surface area contributed by atoms with E-state index in [0.717, 1.165) is 37.8 Å². The van der Waals surface area contributed by atoms with Crippen LogP contribution in [0.4, 0.5) is 5.82 Å². The fraction of sp³-hybridized carbons (Fsp3) is 0.625. The summed E-state index contributed by atoms with van der Waals surface area (Å²) < 4.78 is 5.70. The minimum atomic E-state index is 0.428. The van der Waals surface area contributed by atoms with E-state index >= 15 is 0 Å². The van der Waals surface area contributed by atoms with E-state index < -0.39 is 0 Å². The van der Waals surface area contributed by atoms with Crippen LogP contribution in [0, 0.1) is 11.7 Å². The predicted octanol–water partition coefficient (Wildman–Crippen LogP) is 0.679. The summed E-state index contributed by atoms with van der Waals surface area (Å²) in [6, 6.07) is 0. The van der Waals surface area contributed by atoms with Gasteiger partial charge in [0, 0.05) is 13.1 Å². The number of ether oxygens (including phenoxy) is 1. The van der Waals surface area contributed by atoms with Crippen molar-refractivity contribution in [3.8, 4) is 0 Å². The molecule has 0 amide bonds. The van der Waals surface area contributed by atoms with E-state index in [1.165, 1.54) is 0 Å². The fourth-order valence-corrected chi connectivity index (χ4v) is 1.59. The topological polar surface area (TPSA) is 54.0 Å². The standard InChI is InChI=1S/C8H12N4OS/c1-6-7(9-8(14)11-10-6)12-2-4-13-5-3-12/h2-5H2,1H3,(H,9,11,14). The maximum Gasteiger partial charge on any atom is 0.215 e. The molecule has 1 aromatic heterocycles. The Morgan fingerprint density at radius 3 is 2.86 bits per heavy atom. The molecule has 14 heavy (non-hydrogen) atoms. The van der Waals surface area contributed by atoms with Crippen molar-refractivity contribution >= 4 is 18.0 Å². The van der Waals surface area contributed by atoms with Crippen LogP contribution in [0.2, 0.25) is 0 Å². The van der Waals surface area contributed by atoms with Crippen LogP contribution in [-0.2, 0) is 4.74 Å². The van der Waals surface area contributed by atoms with Gasteiger partial charge in [-0.1, -0.05) is 0 Å². The molecule has 0 aromatic carbocycles. The molecule has 5 nitrogen and oxygen atoms in total. The van der Waals surface area contributed by atoms with E-state index in [1.54, 1.807) is 0 Å². The molecule has 0 radical (unpaired) electrons. The van der Waals surface area contributed by atoms with Gasteiger partial charge < -0.3 is 9.64 Å². The molecule has 1 N–H and O–H groups in total. The predicted molar refractivity (Wildman–Crippen MR) is 55.0 cm³/mol. The number of morpholine rings is 1. The minimum absolute atomic E-state index is 0.428. The second-order valence-electron chi connectivity index (χ2n) is 3.15. The van der Waals surface area contributed by atoms with E-state index in [2.05, 4.69) is 20.1 Å². The molecule has 6 heteroatoms. The molecule has 1 aromatic rings. The summed E-state index contributed by atoms with van der Waals surface area (Å²) >= 11 is 4.94. The maximum absolute atomic E-state index is 5.27. The largest absolute Gasteiger partial charge is 0.378 e. The number of hydrogen-bond donors (Lipinski definition) is 1. The van der Waals surface area contributed by atoms with Gasteiger partial charge in [-0.25, -0.2) is 0 Å². The van der Waals surface area contributed by atoms with Crippen LogP contribution in [0.1, 0.15) is 5.69 Å². The SMILES string of the molecule is Cc1n[nH]c(=S)nc1N1CCOCC1. The zero-order valence-electron chi connectivity index (χ0n) is 7.99. The van der Waals surface area contributed by atoms with Crippen molar-refractivity contribution in [3.63, 3.8) is 0 Å². The smallest absolute Gasteiger partial charge is 0.215 e. The number of aromatic amines is 1. The third-order valence-corrected chi connectivity index (χ3v) is 2.34. The van der Waals surface area contributed by atoms with Gasteiger partial charge in [0.05, 0.1) is 13.2 Å². The lowest BCUT2D eigenvalue weighted by atomic mass is 10.3. The van der Waals surface area contributed by atoms with Gasteiger partial charge >= 0.3 is 0 Å². The maximum atomic E-state index is 5.27. The highest BCUT2D eigenvalue weighted by atomic mass is 32.1. The zero-order chi connectivity index (χ0) is 9.97. The van der Waals surface area contributed by atoms with Gasteiger partial charge in [0.15, 0.2) is 5.82 Å². The van der Waals surface area contributed by atoms with Crippen LogP contribution in [0.3, 0.4) is 0 Å². The average molecular weight is 212 g/mol. The van der Waals surface area contributed by atoms with Crippen molar-refractivity contribution in [2.45, 2.75) is 6.92 Å².